The number of carbonyl (C=O) groups is 1. The van der Waals surface area contributed by atoms with Crippen LogP contribution in [0, 0.1) is 5.41 Å². The minimum Gasteiger partial charge on any atom is -0.491 e. The van der Waals surface area contributed by atoms with E-state index >= 15 is 0 Å². The summed E-state index contributed by atoms with van der Waals surface area (Å²) in [6.45, 7) is 11.8. The number of ether oxygens (including phenoxy) is 1. The van der Waals surface area contributed by atoms with E-state index in [1.54, 1.807) is 0 Å². The second kappa shape index (κ2) is 6.94. The molecule has 0 aliphatic rings. The molecule has 1 amide bonds. The Hall–Kier alpha value is -1.55. The predicted molar refractivity (Wildman–Crippen MR) is 86.2 cm³/mol. The van der Waals surface area contributed by atoms with Crippen molar-refractivity contribution in [3.63, 3.8) is 0 Å². The molecule has 0 radical (unpaired) electrons. The highest BCUT2D eigenvalue weighted by molar-refractivity contribution is 5.82. The van der Waals surface area contributed by atoms with Gasteiger partial charge in [0.05, 0.1) is 18.2 Å². The Bertz CT molecular complexity index is 461. The molecular formula is C17H28N2O2. The van der Waals surface area contributed by atoms with Gasteiger partial charge in [-0.25, -0.2) is 0 Å². The summed E-state index contributed by atoms with van der Waals surface area (Å²) in [6.07, 6.45) is 0.151. The number of carbonyl (C=O) groups excluding carboxylic acids is 1. The SMILES string of the molecule is CC(C)Oc1ccc(C(C)NC(=O)C(N)C(C)(C)C)cc1. The van der Waals surface area contributed by atoms with E-state index in [0.717, 1.165) is 11.3 Å². The van der Waals surface area contributed by atoms with E-state index in [9.17, 15) is 4.79 Å². The largest absolute Gasteiger partial charge is 0.491 e. The van der Waals surface area contributed by atoms with Crippen molar-refractivity contribution in [3.05, 3.63) is 29.8 Å². The van der Waals surface area contributed by atoms with E-state index in [-0.39, 0.29) is 23.5 Å². The lowest BCUT2D eigenvalue weighted by Gasteiger charge is -2.27. The van der Waals surface area contributed by atoms with Gasteiger partial charge in [0.15, 0.2) is 0 Å². The molecule has 2 atom stereocenters. The standard InChI is InChI=1S/C17H28N2O2/c1-11(2)21-14-9-7-13(8-10-14)12(3)19-16(20)15(18)17(4,5)6/h7-12,15H,18H2,1-6H3,(H,19,20). The zero-order valence-corrected chi connectivity index (χ0v) is 13.9. The van der Waals surface area contributed by atoms with Crippen LogP contribution in [0.4, 0.5) is 0 Å². The first-order chi connectivity index (χ1) is 9.61. The molecule has 3 N–H and O–H groups in total. The van der Waals surface area contributed by atoms with Gasteiger partial charge in [-0.2, -0.15) is 0 Å². The highest BCUT2D eigenvalue weighted by Gasteiger charge is 2.28. The molecule has 0 aromatic heterocycles. The number of rotatable bonds is 5. The Kier molecular flexibility index (Phi) is 5.78. The second-order valence-corrected chi connectivity index (χ2v) is 6.81. The van der Waals surface area contributed by atoms with Crippen molar-refractivity contribution in [2.45, 2.75) is 59.7 Å². The number of nitrogens with two attached hydrogens (primary N) is 1. The molecule has 118 valence electrons. The lowest BCUT2D eigenvalue weighted by molar-refractivity contribution is -0.125. The molecule has 0 saturated carbocycles. The lowest BCUT2D eigenvalue weighted by atomic mass is 9.86. The van der Waals surface area contributed by atoms with Gasteiger partial charge >= 0.3 is 0 Å². The van der Waals surface area contributed by atoms with Gasteiger partial charge in [-0.3, -0.25) is 4.79 Å². The third-order valence-corrected chi connectivity index (χ3v) is 3.33. The van der Waals surface area contributed by atoms with Crippen LogP contribution in [0.5, 0.6) is 5.75 Å². The van der Waals surface area contributed by atoms with Gasteiger partial charge in [0.25, 0.3) is 0 Å². The van der Waals surface area contributed by atoms with Crippen molar-refractivity contribution in [3.8, 4) is 5.75 Å². The van der Waals surface area contributed by atoms with E-state index in [1.807, 2.05) is 65.8 Å². The highest BCUT2D eigenvalue weighted by Crippen LogP contribution is 2.21. The summed E-state index contributed by atoms with van der Waals surface area (Å²) in [4.78, 5) is 12.1. The molecule has 0 aliphatic heterocycles. The molecule has 0 heterocycles. The van der Waals surface area contributed by atoms with E-state index < -0.39 is 6.04 Å². The molecule has 4 heteroatoms. The maximum atomic E-state index is 12.1. The fourth-order valence-electron chi connectivity index (χ4n) is 1.89. The fourth-order valence-corrected chi connectivity index (χ4v) is 1.89. The highest BCUT2D eigenvalue weighted by atomic mass is 16.5. The molecule has 0 bridgehead atoms. The molecule has 4 nitrogen and oxygen atoms in total. The maximum absolute atomic E-state index is 12.1. The Balaban J connectivity index is 2.67. The summed E-state index contributed by atoms with van der Waals surface area (Å²) < 4.78 is 5.61. The van der Waals surface area contributed by atoms with Crippen LogP contribution in [0.1, 0.15) is 53.1 Å². The molecule has 0 spiro atoms. The van der Waals surface area contributed by atoms with Crippen molar-refractivity contribution in [2.24, 2.45) is 11.1 Å². The smallest absolute Gasteiger partial charge is 0.237 e. The normalized spacial score (nSPS) is 14.7. The second-order valence-electron chi connectivity index (χ2n) is 6.81. The number of amides is 1. The average molecular weight is 292 g/mol. The summed E-state index contributed by atoms with van der Waals surface area (Å²) in [7, 11) is 0. The first kappa shape index (κ1) is 17.5. The topological polar surface area (TPSA) is 64.3 Å². The van der Waals surface area contributed by atoms with Crippen LogP contribution in [0.2, 0.25) is 0 Å². The van der Waals surface area contributed by atoms with Crippen molar-refractivity contribution in [1.29, 1.82) is 0 Å². The van der Waals surface area contributed by atoms with Crippen LogP contribution in [0.25, 0.3) is 0 Å². The van der Waals surface area contributed by atoms with Gasteiger partial charge < -0.3 is 15.8 Å². The van der Waals surface area contributed by atoms with Crippen molar-refractivity contribution in [1.82, 2.24) is 5.32 Å². The fraction of sp³-hybridized carbons (Fsp3) is 0.588. The minimum atomic E-state index is -0.525. The predicted octanol–water partition coefficient (Wildman–Crippen LogP) is 3.02. The van der Waals surface area contributed by atoms with E-state index in [2.05, 4.69) is 5.32 Å². The summed E-state index contributed by atoms with van der Waals surface area (Å²) in [5.74, 6) is 0.705. The first-order valence-corrected chi connectivity index (χ1v) is 7.44. The molecule has 0 fully saturated rings. The summed E-state index contributed by atoms with van der Waals surface area (Å²) in [5.41, 5.74) is 6.74. The minimum absolute atomic E-state index is 0.0843. The van der Waals surface area contributed by atoms with Gasteiger partial charge in [0.2, 0.25) is 5.91 Å². The maximum Gasteiger partial charge on any atom is 0.237 e. The quantitative estimate of drug-likeness (QED) is 0.876. The van der Waals surface area contributed by atoms with Crippen LogP contribution in [-0.4, -0.2) is 18.1 Å². The van der Waals surface area contributed by atoms with Gasteiger partial charge in [0.1, 0.15) is 5.75 Å². The number of hydrogen-bond acceptors (Lipinski definition) is 3. The zero-order valence-electron chi connectivity index (χ0n) is 13.9. The molecule has 0 saturated heterocycles. The Morgan fingerprint density at radius 2 is 1.67 bits per heavy atom. The van der Waals surface area contributed by atoms with Gasteiger partial charge in [-0.15, -0.1) is 0 Å². The van der Waals surface area contributed by atoms with Crippen LogP contribution in [-0.2, 0) is 4.79 Å². The van der Waals surface area contributed by atoms with Crippen LogP contribution < -0.4 is 15.8 Å². The third-order valence-electron chi connectivity index (χ3n) is 3.33. The van der Waals surface area contributed by atoms with Gasteiger partial charge in [-0.05, 0) is 43.9 Å². The summed E-state index contributed by atoms with van der Waals surface area (Å²) in [5, 5.41) is 2.96. The summed E-state index contributed by atoms with van der Waals surface area (Å²) >= 11 is 0. The van der Waals surface area contributed by atoms with Gasteiger partial charge in [0, 0.05) is 0 Å². The molecule has 1 rings (SSSR count). The molecule has 1 aromatic rings. The molecule has 1 aromatic carbocycles. The van der Waals surface area contributed by atoms with Crippen LogP contribution in [0.15, 0.2) is 24.3 Å². The lowest BCUT2D eigenvalue weighted by Crippen LogP contribution is -2.49. The monoisotopic (exact) mass is 292 g/mol. The molecule has 0 aliphatic carbocycles. The van der Waals surface area contributed by atoms with Crippen molar-refractivity contribution >= 4 is 5.91 Å². The Morgan fingerprint density at radius 1 is 1.14 bits per heavy atom. The van der Waals surface area contributed by atoms with Gasteiger partial charge in [-0.1, -0.05) is 32.9 Å². The number of nitrogens with one attached hydrogen (secondary N) is 1. The summed E-state index contributed by atoms with van der Waals surface area (Å²) in [6, 6.07) is 7.15. The zero-order chi connectivity index (χ0) is 16.2. The average Bonchev–Trinajstić information content (AvgIpc) is 2.36. The third kappa shape index (κ3) is 5.38. The van der Waals surface area contributed by atoms with E-state index in [1.165, 1.54) is 0 Å². The molecule has 2 unspecified atom stereocenters. The first-order valence-electron chi connectivity index (χ1n) is 7.44. The van der Waals surface area contributed by atoms with Crippen molar-refractivity contribution in [2.75, 3.05) is 0 Å². The van der Waals surface area contributed by atoms with Crippen molar-refractivity contribution < 1.29 is 9.53 Å². The molecule has 21 heavy (non-hydrogen) atoms. The van der Waals surface area contributed by atoms with Crippen LogP contribution in [0.3, 0.4) is 0 Å². The van der Waals surface area contributed by atoms with E-state index in [4.69, 9.17) is 10.5 Å². The van der Waals surface area contributed by atoms with Crippen LogP contribution >= 0.6 is 0 Å². The van der Waals surface area contributed by atoms with E-state index in [0.29, 0.717) is 0 Å². The Morgan fingerprint density at radius 3 is 2.10 bits per heavy atom. The number of hydrogen-bond donors (Lipinski definition) is 2. The molecular weight excluding hydrogens is 264 g/mol. The Labute approximate surface area is 128 Å². The number of benzene rings is 1.